The van der Waals surface area contributed by atoms with Crippen molar-refractivity contribution in [2.75, 3.05) is 26.8 Å². The minimum absolute atomic E-state index is 0.0406. The summed E-state index contributed by atoms with van der Waals surface area (Å²) in [5.74, 6) is 0.00726. The number of methoxy groups -OCH3 is 1. The number of hydrogen-bond donors (Lipinski definition) is 2. The van der Waals surface area contributed by atoms with Crippen molar-refractivity contribution in [3.63, 3.8) is 0 Å². The predicted molar refractivity (Wildman–Crippen MR) is 93.3 cm³/mol. The Kier molecular flexibility index (Phi) is 5.36. The van der Waals surface area contributed by atoms with Gasteiger partial charge in [0.15, 0.2) is 5.82 Å². The van der Waals surface area contributed by atoms with Crippen LogP contribution in [0, 0.1) is 12.8 Å². The molecule has 3 rings (SSSR count). The molecule has 0 radical (unpaired) electrons. The summed E-state index contributed by atoms with van der Waals surface area (Å²) in [6.45, 7) is 3.34. The summed E-state index contributed by atoms with van der Waals surface area (Å²) in [6.07, 6.45) is 5.31. The average Bonchev–Trinajstić information content (AvgIpc) is 3.33. The molecule has 0 aromatic carbocycles. The molecule has 2 atom stereocenters. The maximum Gasteiger partial charge on any atom is 0.287 e. The molecule has 1 aliphatic heterocycles. The van der Waals surface area contributed by atoms with E-state index in [2.05, 4.69) is 20.4 Å². The fourth-order valence-corrected chi connectivity index (χ4v) is 3.42. The third-order valence-corrected chi connectivity index (χ3v) is 4.91. The van der Waals surface area contributed by atoms with Crippen LogP contribution in [0.3, 0.4) is 0 Å². The van der Waals surface area contributed by atoms with E-state index >= 15 is 0 Å². The molecule has 26 heavy (non-hydrogen) atoms. The van der Waals surface area contributed by atoms with Crippen molar-refractivity contribution in [1.29, 1.82) is 0 Å². The monoisotopic (exact) mass is 360 g/mol. The molecule has 0 aliphatic carbocycles. The number of likely N-dealkylation sites (tertiary alicyclic amines) is 1. The number of H-pyrrole nitrogens is 1. The summed E-state index contributed by atoms with van der Waals surface area (Å²) in [6, 6.07) is -0.136. The van der Waals surface area contributed by atoms with Gasteiger partial charge in [-0.2, -0.15) is 5.10 Å². The van der Waals surface area contributed by atoms with E-state index in [9.17, 15) is 9.59 Å². The minimum Gasteiger partial charge on any atom is -0.383 e. The summed E-state index contributed by atoms with van der Waals surface area (Å²) in [5, 5.41) is 7.20. The molecule has 2 amide bonds. The second-order valence-electron chi connectivity index (χ2n) is 6.45. The van der Waals surface area contributed by atoms with Crippen molar-refractivity contribution in [2.24, 2.45) is 13.0 Å². The lowest BCUT2D eigenvalue weighted by Gasteiger charge is -2.28. The third-order valence-electron chi connectivity index (χ3n) is 4.91. The lowest BCUT2D eigenvalue weighted by molar-refractivity contribution is -0.129. The van der Waals surface area contributed by atoms with Gasteiger partial charge in [0.25, 0.3) is 5.91 Å². The molecule has 0 saturated carbocycles. The maximum absolute atomic E-state index is 12.6. The number of aryl methyl sites for hydroxylation is 1. The molecule has 3 heterocycles. The summed E-state index contributed by atoms with van der Waals surface area (Å²) in [5.41, 5.74) is 2.01. The second kappa shape index (κ2) is 7.69. The van der Waals surface area contributed by atoms with Crippen molar-refractivity contribution in [3.8, 4) is 0 Å². The summed E-state index contributed by atoms with van der Waals surface area (Å²) >= 11 is 0. The summed E-state index contributed by atoms with van der Waals surface area (Å²) in [4.78, 5) is 33.3. The molecule has 2 aromatic rings. The molecule has 1 fully saturated rings. The maximum atomic E-state index is 12.6. The Labute approximate surface area is 151 Å². The zero-order chi connectivity index (χ0) is 18.7. The first-order chi connectivity index (χ1) is 12.5. The van der Waals surface area contributed by atoms with Crippen LogP contribution in [0.2, 0.25) is 0 Å². The van der Waals surface area contributed by atoms with Gasteiger partial charge in [-0.3, -0.25) is 14.3 Å². The predicted octanol–water partition coefficient (Wildman–Crippen LogP) is 0.418. The molecular formula is C17H24N6O3. The SMILES string of the molecule is COCCN1C(=O)C[C@H](CNC(=O)c2ncc[nH]2)[C@H]1c1cnn(C)c1C. The zero-order valence-electron chi connectivity index (χ0n) is 15.2. The van der Waals surface area contributed by atoms with E-state index in [-0.39, 0.29) is 29.6 Å². The van der Waals surface area contributed by atoms with Crippen molar-refractivity contribution < 1.29 is 14.3 Å². The van der Waals surface area contributed by atoms with Crippen LogP contribution in [0.15, 0.2) is 18.6 Å². The molecule has 2 aromatic heterocycles. The molecule has 2 N–H and O–H groups in total. The Balaban J connectivity index is 1.79. The molecule has 1 saturated heterocycles. The van der Waals surface area contributed by atoms with Gasteiger partial charge in [0, 0.05) is 63.2 Å². The van der Waals surface area contributed by atoms with Crippen LogP contribution >= 0.6 is 0 Å². The number of amides is 2. The first-order valence-corrected chi connectivity index (χ1v) is 8.57. The van der Waals surface area contributed by atoms with E-state index in [0.29, 0.717) is 26.1 Å². The van der Waals surface area contributed by atoms with E-state index in [0.717, 1.165) is 11.3 Å². The molecule has 0 bridgehead atoms. The fraction of sp³-hybridized carbons (Fsp3) is 0.529. The number of aromatic amines is 1. The Bertz CT molecular complexity index is 770. The number of hydrogen-bond acceptors (Lipinski definition) is 5. The molecule has 0 unspecified atom stereocenters. The smallest absolute Gasteiger partial charge is 0.287 e. The highest BCUT2D eigenvalue weighted by Crippen LogP contribution is 2.38. The zero-order valence-corrected chi connectivity index (χ0v) is 15.2. The van der Waals surface area contributed by atoms with E-state index in [1.165, 1.54) is 6.20 Å². The van der Waals surface area contributed by atoms with E-state index in [4.69, 9.17) is 4.74 Å². The van der Waals surface area contributed by atoms with E-state index < -0.39 is 0 Å². The molecular weight excluding hydrogens is 336 g/mol. The molecule has 1 aliphatic rings. The van der Waals surface area contributed by atoms with Gasteiger partial charge in [-0.15, -0.1) is 0 Å². The lowest BCUT2D eigenvalue weighted by atomic mass is 9.94. The van der Waals surface area contributed by atoms with Crippen molar-refractivity contribution in [2.45, 2.75) is 19.4 Å². The molecule has 9 heteroatoms. The Morgan fingerprint density at radius 2 is 2.31 bits per heavy atom. The van der Waals surface area contributed by atoms with Gasteiger partial charge in [-0.05, 0) is 6.92 Å². The fourth-order valence-electron chi connectivity index (χ4n) is 3.42. The quantitative estimate of drug-likeness (QED) is 0.744. The number of rotatable bonds is 7. The third kappa shape index (κ3) is 3.48. The van der Waals surface area contributed by atoms with Crippen molar-refractivity contribution in [1.82, 2.24) is 30.0 Å². The van der Waals surface area contributed by atoms with Crippen LogP contribution in [0.25, 0.3) is 0 Å². The van der Waals surface area contributed by atoms with Crippen LogP contribution in [0.1, 0.15) is 34.3 Å². The highest BCUT2D eigenvalue weighted by Gasteiger charge is 2.41. The van der Waals surface area contributed by atoms with Crippen LogP contribution in [-0.4, -0.2) is 63.3 Å². The van der Waals surface area contributed by atoms with Crippen molar-refractivity contribution in [3.05, 3.63) is 35.7 Å². The van der Waals surface area contributed by atoms with Crippen LogP contribution in [-0.2, 0) is 16.6 Å². The first kappa shape index (κ1) is 18.1. The molecule has 140 valence electrons. The van der Waals surface area contributed by atoms with Gasteiger partial charge in [0.05, 0.1) is 18.8 Å². The van der Waals surface area contributed by atoms with Crippen LogP contribution in [0.5, 0.6) is 0 Å². The highest BCUT2D eigenvalue weighted by atomic mass is 16.5. The van der Waals surface area contributed by atoms with Crippen LogP contribution < -0.4 is 5.32 Å². The Morgan fingerprint density at radius 3 is 2.92 bits per heavy atom. The Morgan fingerprint density at radius 1 is 1.50 bits per heavy atom. The van der Waals surface area contributed by atoms with Gasteiger partial charge in [-0.25, -0.2) is 4.98 Å². The number of carbonyl (C=O) groups excluding carboxylic acids is 2. The van der Waals surface area contributed by atoms with Gasteiger partial charge < -0.3 is 19.9 Å². The minimum atomic E-state index is -0.278. The van der Waals surface area contributed by atoms with Gasteiger partial charge in [-0.1, -0.05) is 0 Å². The second-order valence-corrected chi connectivity index (χ2v) is 6.45. The summed E-state index contributed by atoms with van der Waals surface area (Å²) < 4.78 is 6.95. The highest BCUT2D eigenvalue weighted by molar-refractivity contribution is 5.90. The lowest BCUT2D eigenvalue weighted by Crippen LogP contribution is -2.35. The van der Waals surface area contributed by atoms with Crippen molar-refractivity contribution >= 4 is 11.8 Å². The number of carbonyl (C=O) groups is 2. The number of imidazole rings is 1. The first-order valence-electron chi connectivity index (χ1n) is 8.57. The normalized spacial score (nSPS) is 20.0. The number of ether oxygens (including phenoxy) is 1. The van der Waals surface area contributed by atoms with Gasteiger partial charge in [0.1, 0.15) is 0 Å². The molecule has 0 spiro atoms. The van der Waals surface area contributed by atoms with Crippen LogP contribution in [0.4, 0.5) is 0 Å². The largest absolute Gasteiger partial charge is 0.383 e. The van der Waals surface area contributed by atoms with E-state index in [1.54, 1.807) is 24.2 Å². The van der Waals surface area contributed by atoms with Gasteiger partial charge >= 0.3 is 0 Å². The summed E-state index contributed by atoms with van der Waals surface area (Å²) in [7, 11) is 3.49. The number of aromatic nitrogens is 4. The van der Waals surface area contributed by atoms with E-state index in [1.807, 2.05) is 18.9 Å². The van der Waals surface area contributed by atoms with Gasteiger partial charge in [0.2, 0.25) is 5.91 Å². The Hall–Kier alpha value is -2.68. The topological polar surface area (TPSA) is 105 Å². The molecule has 9 nitrogen and oxygen atoms in total. The average molecular weight is 360 g/mol. The standard InChI is InChI=1S/C17H24N6O3/c1-11-13(10-21-22(11)2)15-12(8-14(24)23(15)6-7-26-3)9-20-17(25)16-18-4-5-19-16/h4-5,10,12,15H,6-9H2,1-3H3,(H,18,19)(H,20,25)/t12-,15+/m1/s1. The number of nitrogens with zero attached hydrogens (tertiary/aromatic N) is 4. The number of nitrogens with one attached hydrogen (secondary N) is 2.